The lowest BCUT2D eigenvalue weighted by Crippen LogP contribution is -2.33. The van der Waals surface area contributed by atoms with Crippen molar-refractivity contribution in [1.29, 1.82) is 0 Å². The summed E-state index contributed by atoms with van der Waals surface area (Å²) in [7, 11) is 0. The summed E-state index contributed by atoms with van der Waals surface area (Å²) in [6.45, 7) is 2.27. The number of pyridine rings is 2. The highest BCUT2D eigenvalue weighted by Gasteiger charge is 2.28. The number of ether oxygens (including phenoxy) is 2. The van der Waals surface area contributed by atoms with Crippen molar-refractivity contribution in [3.8, 4) is 45.5 Å². The number of fused-ring (bicyclic) bond motifs is 1. The fourth-order valence-electron chi connectivity index (χ4n) is 5.84. The first-order valence-corrected chi connectivity index (χ1v) is 15.6. The fraction of sp³-hybridized carbons (Fsp3) is 0.250. The van der Waals surface area contributed by atoms with Gasteiger partial charge in [0.2, 0.25) is 18.6 Å². The molecule has 1 fully saturated rings. The number of H-pyrrole nitrogens is 1. The van der Waals surface area contributed by atoms with Crippen LogP contribution in [0.2, 0.25) is 0 Å². The van der Waals surface area contributed by atoms with E-state index in [1.807, 2.05) is 60.7 Å². The zero-order valence-corrected chi connectivity index (χ0v) is 26.1. The Morgan fingerprint density at radius 1 is 0.894 bits per heavy atom. The van der Waals surface area contributed by atoms with Crippen LogP contribution in [-0.4, -0.2) is 44.6 Å². The van der Waals surface area contributed by atoms with Gasteiger partial charge in [-0.25, -0.2) is 4.98 Å². The maximum atomic E-state index is 12.1. The van der Waals surface area contributed by atoms with Crippen molar-refractivity contribution in [3.05, 3.63) is 97.0 Å². The van der Waals surface area contributed by atoms with Crippen molar-refractivity contribution in [2.24, 2.45) is 23.3 Å². The summed E-state index contributed by atoms with van der Waals surface area (Å²) in [5, 5.41) is 2.95. The predicted octanol–water partition coefficient (Wildman–Crippen LogP) is 5.81. The van der Waals surface area contributed by atoms with Gasteiger partial charge in [-0.3, -0.25) is 19.6 Å². The molecule has 3 aromatic heterocycles. The molecule has 0 saturated heterocycles. The summed E-state index contributed by atoms with van der Waals surface area (Å²) in [5.41, 5.74) is 16.5. The van der Waals surface area contributed by atoms with Crippen LogP contribution in [0.3, 0.4) is 0 Å². The van der Waals surface area contributed by atoms with Gasteiger partial charge in [0.05, 0.1) is 17.1 Å². The molecule has 0 unspecified atom stereocenters. The Morgan fingerprint density at radius 3 is 2.30 bits per heavy atom. The molecule has 6 N–H and O–H groups in total. The largest absolute Gasteiger partial charge is 0.454 e. The third-order valence-electron chi connectivity index (χ3n) is 8.55. The number of benzene rings is 2. The van der Waals surface area contributed by atoms with E-state index in [4.69, 9.17) is 25.9 Å². The van der Waals surface area contributed by atoms with Crippen molar-refractivity contribution in [2.45, 2.75) is 38.6 Å². The predicted molar refractivity (Wildman–Crippen MR) is 179 cm³/mol. The van der Waals surface area contributed by atoms with E-state index >= 15 is 0 Å². The SMILES string of the molecule is C[C@@H](N)C1CCC(C(=O)Nc2ccncc2)CC1.NC(=O)c1ccc(-c2nc(-c3ccc4c(c3)OCO4)c(-c3ccccn3)[nH]2)cc1. The number of rotatable bonds is 7. The monoisotopic (exact) mass is 631 g/mol. The van der Waals surface area contributed by atoms with E-state index in [1.165, 1.54) is 0 Å². The fourth-order valence-corrected chi connectivity index (χ4v) is 5.84. The zero-order chi connectivity index (χ0) is 32.8. The number of amides is 2. The van der Waals surface area contributed by atoms with Crippen molar-refractivity contribution >= 4 is 17.5 Å². The highest BCUT2D eigenvalue weighted by molar-refractivity contribution is 5.93. The van der Waals surface area contributed by atoms with Crippen molar-refractivity contribution in [1.82, 2.24) is 19.9 Å². The van der Waals surface area contributed by atoms with Crippen molar-refractivity contribution < 1.29 is 19.1 Å². The van der Waals surface area contributed by atoms with Gasteiger partial charge in [-0.05, 0) is 93.1 Å². The molecule has 11 heteroatoms. The Kier molecular flexibility index (Phi) is 9.53. The molecule has 0 radical (unpaired) electrons. The molecule has 1 aliphatic carbocycles. The van der Waals surface area contributed by atoms with Crippen molar-refractivity contribution in [3.63, 3.8) is 0 Å². The van der Waals surface area contributed by atoms with Gasteiger partial charge in [0.25, 0.3) is 0 Å². The lowest BCUT2D eigenvalue weighted by atomic mass is 9.79. The summed E-state index contributed by atoms with van der Waals surface area (Å²) in [5.74, 6) is 2.43. The Morgan fingerprint density at radius 2 is 1.62 bits per heavy atom. The van der Waals surface area contributed by atoms with Crippen LogP contribution in [-0.2, 0) is 4.79 Å². The van der Waals surface area contributed by atoms with Gasteiger partial charge in [-0.2, -0.15) is 0 Å². The van der Waals surface area contributed by atoms with Gasteiger partial charge in [0.1, 0.15) is 5.82 Å². The van der Waals surface area contributed by atoms with E-state index in [-0.39, 0.29) is 24.7 Å². The number of nitrogens with one attached hydrogen (secondary N) is 2. The third-order valence-corrected chi connectivity index (χ3v) is 8.55. The Labute approximate surface area is 272 Å². The molecule has 1 atom stereocenters. The first kappa shape index (κ1) is 31.4. The second kappa shape index (κ2) is 14.3. The van der Waals surface area contributed by atoms with Crippen LogP contribution in [0.5, 0.6) is 11.5 Å². The molecule has 0 spiro atoms. The molecule has 1 aliphatic heterocycles. The lowest BCUT2D eigenvalue weighted by Gasteiger charge is -2.29. The second-order valence-electron chi connectivity index (χ2n) is 11.7. The smallest absolute Gasteiger partial charge is 0.248 e. The standard InChI is InChI=1S/C22H16N4O3.C14H21N3O/c23-21(27)13-4-6-14(7-5-13)22-25-19(20(26-22)16-3-1-2-10-24-16)15-8-9-17-18(11-15)29-12-28-17;1-10(15)11-2-4-12(5-3-11)14(18)17-13-6-8-16-9-7-13/h1-11H,12H2,(H2,23,27)(H,25,26);6-12H,2-5,15H2,1H3,(H,16,17,18)/t;10-,11?,12?/m.1/s1. The van der Waals surface area contributed by atoms with Crippen LogP contribution in [0.4, 0.5) is 5.69 Å². The quantitative estimate of drug-likeness (QED) is 0.174. The van der Waals surface area contributed by atoms with Crippen LogP contribution in [0.1, 0.15) is 43.0 Å². The van der Waals surface area contributed by atoms with Gasteiger partial charge in [-0.15, -0.1) is 0 Å². The number of nitrogens with zero attached hydrogens (tertiary/aromatic N) is 3. The van der Waals surface area contributed by atoms with E-state index in [2.05, 4.69) is 27.2 Å². The molecule has 4 heterocycles. The van der Waals surface area contributed by atoms with E-state index in [0.717, 1.165) is 59.6 Å². The van der Waals surface area contributed by atoms with Crippen molar-refractivity contribution in [2.75, 3.05) is 12.1 Å². The molecule has 2 aliphatic rings. The second-order valence-corrected chi connectivity index (χ2v) is 11.7. The van der Waals surface area contributed by atoms with Gasteiger partial charge in [0, 0.05) is 52.9 Å². The third kappa shape index (κ3) is 7.47. The summed E-state index contributed by atoms with van der Waals surface area (Å²) < 4.78 is 10.9. The zero-order valence-electron chi connectivity index (χ0n) is 26.1. The first-order chi connectivity index (χ1) is 22.9. The molecule has 0 bridgehead atoms. The normalized spacial score (nSPS) is 17.2. The first-order valence-electron chi connectivity index (χ1n) is 15.6. The molecular weight excluding hydrogens is 594 g/mol. The number of primary amides is 1. The number of imidazole rings is 1. The van der Waals surface area contributed by atoms with Gasteiger partial charge in [-0.1, -0.05) is 18.2 Å². The van der Waals surface area contributed by atoms with Gasteiger partial charge in [0.15, 0.2) is 11.5 Å². The molecule has 5 aromatic rings. The maximum absolute atomic E-state index is 12.1. The maximum Gasteiger partial charge on any atom is 0.248 e. The van der Waals surface area contributed by atoms with Crippen LogP contribution < -0.4 is 26.3 Å². The molecular formula is C36H37N7O4. The number of carbonyl (C=O) groups is 2. The van der Waals surface area contributed by atoms with E-state index in [1.54, 1.807) is 30.7 Å². The van der Waals surface area contributed by atoms with Gasteiger partial charge >= 0.3 is 0 Å². The minimum absolute atomic E-state index is 0.129. The molecule has 2 aromatic carbocycles. The molecule has 7 rings (SSSR count). The van der Waals surface area contributed by atoms with E-state index in [9.17, 15) is 9.59 Å². The van der Waals surface area contributed by atoms with Crippen LogP contribution in [0.15, 0.2) is 91.4 Å². The lowest BCUT2D eigenvalue weighted by molar-refractivity contribution is -0.121. The van der Waals surface area contributed by atoms with Gasteiger partial charge < -0.3 is 31.2 Å². The average molecular weight is 632 g/mol. The van der Waals surface area contributed by atoms with Crippen LogP contribution >= 0.6 is 0 Å². The van der Waals surface area contributed by atoms with E-state index < -0.39 is 5.91 Å². The molecule has 240 valence electrons. The van der Waals surface area contributed by atoms with E-state index in [0.29, 0.717) is 28.8 Å². The topological polar surface area (TPSA) is 171 Å². The Bertz CT molecular complexity index is 1820. The summed E-state index contributed by atoms with van der Waals surface area (Å²) in [6, 6.07) is 22.3. The number of aromatic amines is 1. The number of nitrogens with two attached hydrogens (primary N) is 2. The Hall–Kier alpha value is -5.55. The number of carbonyl (C=O) groups excluding carboxylic acids is 2. The number of hydrogen-bond donors (Lipinski definition) is 4. The highest BCUT2D eigenvalue weighted by Crippen LogP contribution is 2.39. The molecule has 2 amide bonds. The minimum atomic E-state index is -0.466. The molecule has 1 saturated carbocycles. The highest BCUT2D eigenvalue weighted by atomic mass is 16.7. The molecule has 11 nitrogen and oxygen atoms in total. The summed E-state index contributed by atoms with van der Waals surface area (Å²) >= 11 is 0. The Balaban J connectivity index is 0.000000185. The summed E-state index contributed by atoms with van der Waals surface area (Å²) in [4.78, 5) is 40.0. The van der Waals surface area contributed by atoms with Crippen LogP contribution in [0.25, 0.3) is 34.0 Å². The number of anilines is 1. The summed E-state index contributed by atoms with van der Waals surface area (Å²) in [6.07, 6.45) is 9.12. The molecule has 47 heavy (non-hydrogen) atoms. The number of hydrogen-bond acceptors (Lipinski definition) is 8. The minimum Gasteiger partial charge on any atom is -0.454 e. The average Bonchev–Trinajstić information content (AvgIpc) is 3.77. The number of aromatic nitrogens is 4. The van der Waals surface area contributed by atoms with Crippen LogP contribution in [0, 0.1) is 11.8 Å².